The van der Waals surface area contributed by atoms with Gasteiger partial charge in [0.25, 0.3) is 0 Å². The van der Waals surface area contributed by atoms with Crippen LogP contribution in [0.15, 0.2) is 24.3 Å². The molecule has 18 heavy (non-hydrogen) atoms. The lowest BCUT2D eigenvalue weighted by molar-refractivity contribution is 0.468. The maximum Gasteiger partial charge on any atom is 0.147 e. The van der Waals surface area contributed by atoms with Crippen LogP contribution in [0.4, 0.5) is 0 Å². The van der Waals surface area contributed by atoms with Crippen molar-refractivity contribution in [3.63, 3.8) is 0 Å². The van der Waals surface area contributed by atoms with Crippen molar-refractivity contribution in [3.05, 3.63) is 34.9 Å². The minimum absolute atomic E-state index is 0.158. The fraction of sp³-hybridized carbons (Fsp3) is 0.538. The quantitative estimate of drug-likeness (QED) is 0.876. The molecule has 0 aromatic heterocycles. The largest absolute Gasteiger partial charge is 0.308 e. The van der Waals surface area contributed by atoms with Crippen LogP contribution in [0.5, 0.6) is 0 Å². The van der Waals surface area contributed by atoms with E-state index in [-0.39, 0.29) is 17.8 Å². The zero-order valence-corrected chi connectivity index (χ0v) is 12.6. The molecule has 1 rings (SSSR count). The maximum atomic E-state index is 11.1. The normalized spacial score (nSPS) is 15.3. The standard InChI is InChI=1S/C13H20ClNO2S/c1-10(8-9-18(3,16)17)15-11(2)12-4-6-13(14)7-5-12/h4-7,10-11,15H,8-9H2,1-3H3/t10-,11-/m0/s1. The summed E-state index contributed by atoms with van der Waals surface area (Å²) in [6.45, 7) is 4.05. The lowest BCUT2D eigenvalue weighted by atomic mass is 10.1. The third kappa shape index (κ3) is 5.85. The molecule has 1 aromatic rings. The number of rotatable bonds is 6. The van der Waals surface area contributed by atoms with Crippen LogP contribution in [0.25, 0.3) is 0 Å². The Morgan fingerprint density at radius 2 is 1.78 bits per heavy atom. The van der Waals surface area contributed by atoms with Crippen molar-refractivity contribution >= 4 is 21.4 Å². The first-order chi connectivity index (χ1) is 8.28. The van der Waals surface area contributed by atoms with E-state index in [2.05, 4.69) is 12.2 Å². The zero-order chi connectivity index (χ0) is 13.8. The monoisotopic (exact) mass is 289 g/mol. The molecule has 0 heterocycles. The highest BCUT2D eigenvalue weighted by Crippen LogP contribution is 2.16. The highest BCUT2D eigenvalue weighted by atomic mass is 35.5. The SMILES string of the molecule is C[C@H](N[C@@H](C)CCS(C)(=O)=O)c1ccc(Cl)cc1. The Morgan fingerprint density at radius 1 is 1.22 bits per heavy atom. The van der Waals surface area contributed by atoms with Crippen LogP contribution in [0.3, 0.4) is 0 Å². The van der Waals surface area contributed by atoms with Crippen LogP contribution >= 0.6 is 11.6 Å². The summed E-state index contributed by atoms with van der Waals surface area (Å²) in [5.74, 6) is 0.217. The Labute approximate surface area is 114 Å². The fourth-order valence-electron chi connectivity index (χ4n) is 1.75. The van der Waals surface area contributed by atoms with Gasteiger partial charge in [-0.2, -0.15) is 0 Å². The predicted octanol–water partition coefficient (Wildman–Crippen LogP) is 2.81. The molecule has 1 N–H and O–H groups in total. The maximum absolute atomic E-state index is 11.1. The van der Waals surface area contributed by atoms with Crippen LogP contribution in [0, 0.1) is 0 Å². The van der Waals surface area contributed by atoms with Gasteiger partial charge in [0.1, 0.15) is 9.84 Å². The Balaban J connectivity index is 2.49. The molecule has 5 heteroatoms. The summed E-state index contributed by atoms with van der Waals surface area (Å²) in [7, 11) is -2.88. The van der Waals surface area contributed by atoms with Crippen molar-refractivity contribution in [2.75, 3.05) is 12.0 Å². The molecule has 0 saturated carbocycles. The Bertz CT molecular complexity index is 470. The number of benzene rings is 1. The molecule has 0 unspecified atom stereocenters. The molecule has 0 aliphatic carbocycles. The first-order valence-corrected chi connectivity index (χ1v) is 8.41. The second kappa shape index (κ2) is 6.55. The molecule has 0 spiro atoms. The third-order valence-corrected chi connectivity index (χ3v) is 4.06. The van der Waals surface area contributed by atoms with E-state index in [9.17, 15) is 8.42 Å². The summed E-state index contributed by atoms with van der Waals surface area (Å²) in [6, 6.07) is 8.00. The van der Waals surface area contributed by atoms with Gasteiger partial charge in [-0.1, -0.05) is 23.7 Å². The molecule has 0 aliphatic heterocycles. The molecule has 2 atom stereocenters. The fourth-order valence-corrected chi connectivity index (χ4v) is 2.66. The second-order valence-corrected chi connectivity index (χ2v) is 7.46. The molecule has 1 aromatic carbocycles. The Kier molecular flexibility index (Phi) is 5.63. The molecule has 102 valence electrons. The summed E-state index contributed by atoms with van der Waals surface area (Å²) in [6.07, 6.45) is 1.89. The van der Waals surface area contributed by atoms with E-state index in [1.165, 1.54) is 6.26 Å². The third-order valence-electron chi connectivity index (χ3n) is 2.83. The molecule has 0 bridgehead atoms. The van der Waals surface area contributed by atoms with E-state index in [4.69, 9.17) is 11.6 Å². The van der Waals surface area contributed by atoms with Gasteiger partial charge in [0.15, 0.2) is 0 Å². The minimum Gasteiger partial charge on any atom is -0.308 e. The average molecular weight is 290 g/mol. The molecule has 0 radical (unpaired) electrons. The number of halogens is 1. The number of nitrogens with one attached hydrogen (secondary N) is 1. The summed E-state index contributed by atoms with van der Waals surface area (Å²) in [5.41, 5.74) is 1.14. The summed E-state index contributed by atoms with van der Waals surface area (Å²) in [5, 5.41) is 4.10. The van der Waals surface area contributed by atoms with Crippen molar-refractivity contribution in [1.82, 2.24) is 5.32 Å². The number of hydrogen-bond acceptors (Lipinski definition) is 3. The smallest absolute Gasteiger partial charge is 0.147 e. The van der Waals surface area contributed by atoms with Gasteiger partial charge in [-0.25, -0.2) is 8.42 Å². The Morgan fingerprint density at radius 3 is 2.28 bits per heavy atom. The van der Waals surface area contributed by atoms with Gasteiger partial charge in [-0.05, 0) is 38.0 Å². The lowest BCUT2D eigenvalue weighted by Gasteiger charge is -2.20. The zero-order valence-electron chi connectivity index (χ0n) is 11.0. The van der Waals surface area contributed by atoms with Crippen molar-refractivity contribution in [1.29, 1.82) is 0 Å². The summed E-state index contributed by atoms with van der Waals surface area (Å²) >= 11 is 5.83. The molecule has 0 aliphatic rings. The molecular formula is C13H20ClNO2S. The van der Waals surface area contributed by atoms with Crippen molar-refractivity contribution in [2.45, 2.75) is 32.4 Å². The molecule has 0 saturated heterocycles. The van der Waals surface area contributed by atoms with Gasteiger partial charge in [-0.3, -0.25) is 0 Å². The minimum atomic E-state index is -2.88. The first-order valence-electron chi connectivity index (χ1n) is 5.97. The topological polar surface area (TPSA) is 46.2 Å². The summed E-state index contributed by atoms with van der Waals surface area (Å²) in [4.78, 5) is 0. The molecule has 0 fully saturated rings. The highest BCUT2D eigenvalue weighted by Gasteiger charge is 2.11. The molecule has 0 amide bonds. The van der Waals surface area contributed by atoms with Gasteiger partial charge in [0.2, 0.25) is 0 Å². The van der Waals surface area contributed by atoms with Crippen molar-refractivity contribution in [2.24, 2.45) is 0 Å². The van der Waals surface area contributed by atoms with Crippen LogP contribution in [0.1, 0.15) is 31.9 Å². The lowest BCUT2D eigenvalue weighted by Crippen LogP contribution is -2.30. The highest BCUT2D eigenvalue weighted by molar-refractivity contribution is 7.90. The van der Waals surface area contributed by atoms with Gasteiger partial charge in [-0.15, -0.1) is 0 Å². The predicted molar refractivity (Wildman–Crippen MR) is 76.8 cm³/mol. The van der Waals surface area contributed by atoms with Gasteiger partial charge in [0, 0.05) is 23.4 Å². The molecule has 3 nitrogen and oxygen atoms in total. The van der Waals surface area contributed by atoms with E-state index < -0.39 is 9.84 Å². The van der Waals surface area contributed by atoms with Crippen molar-refractivity contribution in [3.8, 4) is 0 Å². The van der Waals surface area contributed by atoms with Crippen LogP contribution in [-0.4, -0.2) is 26.5 Å². The van der Waals surface area contributed by atoms with Gasteiger partial charge in [0.05, 0.1) is 5.75 Å². The van der Waals surface area contributed by atoms with Crippen molar-refractivity contribution < 1.29 is 8.42 Å². The van der Waals surface area contributed by atoms with Crippen LogP contribution < -0.4 is 5.32 Å². The van der Waals surface area contributed by atoms with Gasteiger partial charge >= 0.3 is 0 Å². The Hall–Kier alpha value is -0.580. The van der Waals surface area contributed by atoms with E-state index in [1.54, 1.807) is 0 Å². The van der Waals surface area contributed by atoms with Crippen LogP contribution in [0.2, 0.25) is 5.02 Å². The number of sulfone groups is 1. The molecular weight excluding hydrogens is 270 g/mol. The van der Waals surface area contributed by atoms with E-state index in [0.29, 0.717) is 6.42 Å². The van der Waals surface area contributed by atoms with E-state index >= 15 is 0 Å². The first kappa shape index (κ1) is 15.5. The second-order valence-electron chi connectivity index (χ2n) is 4.76. The van der Waals surface area contributed by atoms with Crippen LogP contribution in [-0.2, 0) is 9.84 Å². The number of hydrogen-bond donors (Lipinski definition) is 1. The summed E-state index contributed by atoms with van der Waals surface area (Å²) < 4.78 is 22.2. The average Bonchev–Trinajstić information content (AvgIpc) is 2.26. The van der Waals surface area contributed by atoms with E-state index in [1.807, 2.05) is 31.2 Å². The van der Waals surface area contributed by atoms with E-state index in [0.717, 1.165) is 10.6 Å². The van der Waals surface area contributed by atoms with Gasteiger partial charge < -0.3 is 5.32 Å².